The van der Waals surface area contributed by atoms with Crippen LogP contribution in [0, 0.1) is 0 Å². The van der Waals surface area contributed by atoms with Crippen molar-refractivity contribution in [2.75, 3.05) is 0 Å². The van der Waals surface area contributed by atoms with Crippen LogP contribution in [0.2, 0.25) is 0 Å². The molecule has 0 fully saturated rings. The van der Waals surface area contributed by atoms with Crippen LogP contribution in [0.5, 0.6) is 0 Å². The topological polar surface area (TPSA) is 19.9 Å². The lowest BCUT2D eigenvalue weighted by Crippen LogP contribution is -1.73. The van der Waals surface area contributed by atoms with Crippen LogP contribution in [0.1, 0.15) is 32.1 Å². The zero-order chi connectivity index (χ0) is 5.82. The highest BCUT2D eigenvalue weighted by Crippen LogP contribution is 2.14. The molecule has 0 aromatic carbocycles. The Bertz CT molecular complexity index is 94.6. The van der Waals surface area contributed by atoms with Crippen molar-refractivity contribution in [3.63, 3.8) is 0 Å². The molecule has 8 heavy (non-hydrogen) atoms. The van der Waals surface area contributed by atoms with Crippen LogP contribution in [0.15, 0.2) is 11.8 Å². The first kappa shape index (κ1) is 5.67. The lowest BCUT2D eigenvalue weighted by Gasteiger charge is -1.87. The number of allylic oxidation sites excluding steroid dienone is 2. The molecule has 1 rings (SSSR count). The van der Waals surface area contributed by atoms with Gasteiger partial charge in [-0.3, -0.25) is 5.11 Å². The third-order valence-corrected chi connectivity index (χ3v) is 1.50. The molecule has 1 aliphatic rings. The zero-order valence-electron chi connectivity index (χ0n) is 5.02. The fraction of sp³-hybridized carbons (Fsp3) is 0.714. The van der Waals surface area contributed by atoms with Gasteiger partial charge in [0.1, 0.15) is 0 Å². The van der Waals surface area contributed by atoms with Crippen molar-refractivity contribution in [3.05, 3.63) is 11.8 Å². The number of rotatable bonds is 0. The fourth-order valence-corrected chi connectivity index (χ4v) is 0.985. The summed E-state index contributed by atoms with van der Waals surface area (Å²) in [6.07, 6.45) is 7.19. The van der Waals surface area contributed by atoms with E-state index in [4.69, 9.17) is 0 Å². The molecule has 1 nitrogen and oxygen atoms in total. The van der Waals surface area contributed by atoms with Gasteiger partial charge >= 0.3 is 0 Å². The highest BCUT2D eigenvalue weighted by atomic mass is 16.3. The average Bonchev–Trinajstić information content (AvgIpc) is 1.94. The van der Waals surface area contributed by atoms with Crippen LogP contribution in [-0.4, -0.2) is 0 Å². The molecule has 0 atom stereocenters. The van der Waals surface area contributed by atoms with Gasteiger partial charge in [0.05, 0.1) is 0 Å². The normalized spacial score (nSPS) is 21.8. The molecule has 0 saturated carbocycles. The predicted octanol–water partition coefficient (Wildman–Crippen LogP) is 2.26. The van der Waals surface area contributed by atoms with Gasteiger partial charge in [-0.25, -0.2) is 0 Å². The molecule has 1 heteroatoms. The Morgan fingerprint density at radius 3 is 3.00 bits per heavy atom. The molecule has 0 spiro atoms. The van der Waals surface area contributed by atoms with Gasteiger partial charge in [0.25, 0.3) is 0 Å². The van der Waals surface area contributed by atoms with E-state index in [1.165, 1.54) is 12.8 Å². The monoisotopic (exact) mass is 111 g/mol. The second-order valence-corrected chi connectivity index (χ2v) is 2.27. The van der Waals surface area contributed by atoms with E-state index in [2.05, 4.69) is 0 Å². The third-order valence-electron chi connectivity index (χ3n) is 1.50. The fourth-order valence-electron chi connectivity index (χ4n) is 0.985. The SMILES string of the molecule is [O]C1=CCCCCC1. The molecule has 45 valence electrons. The van der Waals surface area contributed by atoms with Gasteiger partial charge in [-0.15, -0.1) is 0 Å². The van der Waals surface area contributed by atoms with E-state index in [-0.39, 0.29) is 0 Å². The zero-order valence-corrected chi connectivity index (χ0v) is 5.02. The molecule has 0 heterocycles. The van der Waals surface area contributed by atoms with Crippen LogP contribution in [0.3, 0.4) is 0 Å². The van der Waals surface area contributed by atoms with E-state index < -0.39 is 0 Å². The standard InChI is InChI=1S/C7H11O/c8-7-5-3-1-2-4-6-7/h5H,1-4,6H2. The van der Waals surface area contributed by atoms with E-state index in [9.17, 15) is 5.11 Å². The first-order chi connectivity index (χ1) is 3.89. The molecule has 0 saturated heterocycles. The lowest BCUT2D eigenvalue weighted by atomic mass is 10.2. The molecule has 0 bridgehead atoms. The van der Waals surface area contributed by atoms with Gasteiger partial charge < -0.3 is 0 Å². The van der Waals surface area contributed by atoms with E-state index in [0.29, 0.717) is 5.76 Å². The number of hydrogen-bond acceptors (Lipinski definition) is 0. The smallest absolute Gasteiger partial charge is 0.151 e. The van der Waals surface area contributed by atoms with Crippen molar-refractivity contribution in [1.82, 2.24) is 0 Å². The molecular formula is C7H11O. The molecule has 0 aromatic heterocycles. The van der Waals surface area contributed by atoms with Crippen LogP contribution >= 0.6 is 0 Å². The highest BCUT2D eigenvalue weighted by Gasteiger charge is 1.99. The predicted molar refractivity (Wildman–Crippen MR) is 31.9 cm³/mol. The number of hydrogen-bond donors (Lipinski definition) is 0. The first-order valence-electron chi connectivity index (χ1n) is 3.25. The molecular weight excluding hydrogens is 100 g/mol. The molecule has 1 radical (unpaired) electrons. The van der Waals surface area contributed by atoms with Crippen LogP contribution in [-0.2, 0) is 5.11 Å². The van der Waals surface area contributed by atoms with Gasteiger partial charge in [-0.2, -0.15) is 0 Å². The van der Waals surface area contributed by atoms with Crippen molar-refractivity contribution in [2.24, 2.45) is 0 Å². The minimum Gasteiger partial charge on any atom is -0.295 e. The second-order valence-electron chi connectivity index (χ2n) is 2.27. The van der Waals surface area contributed by atoms with Gasteiger partial charge in [0, 0.05) is 6.42 Å². The van der Waals surface area contributed by atoms with Gasteiger partial charge in [0.2, 0.25) is 0 Å². The molecule has 0 N–H and O–H groups in total. The van der Waals surface area contributed by atoms with E-state index in [1.54, 1.807) is 0 Å². The summed E-state index contributed by atoms with van der Waals surface area (Å²) >= 11 is 0. The summed E-state index contributed by atoms with van der Waals surface area (Å²) in [6, 6.07) is 0. The maximum Gasteiger partial charge on any atom is 0.151 e. The molecule has 1 aliphatic carbocycles. The van der Waals surface area contributed by atoms with E-state index in [0.717, 1.165) is 19.3 Å². The third kappa shape index (κ3) is 1.57. The van der Waals surface area contributed by atoms with Gasteiger partial charge in [-0.05, 0) is 25.3 Å². The molecule has 0 aromatic rings. The Morgan fingerprint density at radius 1 is 1.25 bits per heavy atom. The van der Waals surface area contributed by atoms with Crippen LogP contribution in [0.4, 0.5) is 0 Å². The summed E-state index contributed by atoms with van der Waals surface area (Å²) in [4.78, 5) is 0. The summed E-state index contributed by atoms with van der Waals surface area (Å²) < 4.78 is 0. The minimum atomic E-state index is 0.350. The summed E-state index contributed by atoms with van der Waals surface area (Å²) in [5.74, 6) is 0.350. The lowest BCUT2D eigenvalue weighted by molar-refractivity contribution is 0.279. The Hall–Kier alpha value is -0.460. The Balaban J connectivity index is 2.36. The van der Waals surface area contributed by atoms with Crippen LogP contribution in [0.25, 0.3) is 0 Å². The minimum absolute atomic E-state index is 0.350. The maximum absolute atomic E-state index is 10.6. The largest absolute Gasteiger partial charge is 0.295 e. The van der Waals surface area contributed by atoms with Crippen molar-refractivity contribution in [2.45, 2.75) is 32.1 Å². The summed E-state index contributed by atoms with van der Waals surface area (Å²) in [6.45, 7) is 0. The quantitative estimate of drug-likeness (QED) is 0.457. The molecule has 0 unspecified atom stereocenters. The summed E-state index contributed by atoms with van der Waals surface area (Å²) in [5, 5.41) is 10.6. The van der Waals surface area contributed by atoms with E-state index in [1.807, 2.05) is 6.08 Å². The maximum atomic E-state index is 10.6. The average molecular weight is 111 g/mol. The van der Waals surface area contributed by atoms with Crippen molar-refractivity contribution in [1.29, 1.82) is 0 Å². The van der Waals surface area contributed by atoms with Crippen molar-refractivity contribution in [3.8, 4) is 0 Å². The Morgan fingerprint density at radius 2 is 2.12 bits per heavy atom. The highest BCUT2D eigenvalue weighted by molar-refractivity contribution is 4.91. The second kappa shape index (κ2) is 2.75. The Labute approximate surface area is 50.0 Å². The van der Waals surface area contributed by atoms with Gasteiger partial charge in [-0.1, -0.05) is 6.42 Å². The van der Waals surface area contributed by atoms with Crippen molar-refractivity contribution >= 4 is 0 Å². The molecule has 0 amide bonds. The van der Waals surface area contributed by atoms with E-state index >= 15 is 0 Å². The summed E-state index contributed by atoms with van der Waals surface area (Å²) in [7, 11) is 0. The Kier molecular flexibility index (Phi) is 1.95. The molecule has 0 aliphatic heterocycles. The van der Waals surface area contributed by atoms with Crippen LogP contribution < -0.4 is 0 Å². The van der Waals surface area contributed by atoms with Gasteiger partial charge in [0.15, 0.2) is 5.76 Å². The van der Waals surface area contributed by atoms with Crippen molar-refractivity contribution < 1.29 is 5.11 Å². The summed E-state index contributed by atoms with van der Waals surface area (Å²) in [5.41, 5.74) is 0. The first-order valence-corrected chi connectivity index (χ1v) is 3.25.